The van der Waals surface area contributed by atoms with Gasteiger partial charge in [-0.1, -0.05) is 17.7 Å². The van der Waals surface area contributed by atoms with Gasteiger partial charge in [-0.05, 0) is 24.6 Å². The first-order valence-corrected chi connectivity index (χ1v) is 4.80. The van der Waals surface area contributed by atoms with Crippen LogP contribution >= 0.6 is 11.6 Å². The van der Waals surface area contributed by atoms with E-state index in [1.807, 2.05) is 19.1 Å². The van der Waals surface area contributed by atoms with Crippen molar-refractivity contribution >= 4 is 17.3 Å². The van der Waals surface area contributed by atoms with E-state index in [4.69, 9.17) is 21.8 Å². The Labute approximate surface area is 88.3 Å². The molecule has 1 atom stereocenters. The Hall–Kier alpha value is -0.770. The van der Waals surface area contributed by atoms with Gasteiger partial charge in [-0.3, -0.25) is 0 Å². The van der Waals surface area contributed by atoms with Crippen LogP contribution in [-0.4, -0.2) is 29.5 Å². The molecule has 3 N–H and O–H groups in total. The normalized spacial score (nSPS) is 12.6. The lowest BCUT2D eigenvalue weighted by Gasteiger charge is -2.12. The van der Waals surface area contributed by atoms with Crippen molar-refractivity contribution in [2.45, 2.75) is 13.0 Å². The topological polar surface area (TPSA) is 52.5 Å². The number of aliphatic hydroxyl groups excluding tert-OH is 2. The SMILES string of the molecule is Cc1ccc(Cl)cc1NC[C@H](O)CO. The van der Waals surface area contributed by atoms with E-state index in [9.17, 15) is 0 Å². The molecular weight excluding hydrogens is 202 g/mol. The van der Waals surface area contributed by atoms with Gasteiger partial charge in [-0.25, -0.2) is 0 Å². The molecule has 1 aromatic rings. The molecule has 0 aliphatic rings. The lowest BCUT2D eigenvalue weighted by Crippen LogP contribution is -2.23. The van der Waals surface area contributed by atoms with Gasteiger partial charge in [0.25, 0.3) is 0 Å². The molecule has 0 aliphatic carbocycles. The Morgan fingerprint density at radius 3 is 2.86 bits per heavy atom. The number of nitrogens with one attached hydrogen (secondary N) is 1. The predicted octanol–water partition coefficient (Wildman–Crippen LogP) is 1.41. The Kier molecular flexibility index (Phi) is 4.20. The number of benzene rings is 1. The molecule has 0 saturated carbocycles. The molecule has 3 nitrogen and oxygen atoms in total. The maximum absolute atomic E-state index is 9.13. The highest BCUT2D eigenvalue weighted by Crippen LogP contribution is 2.19. The average Bonchev–Trinajstić information content (AvgIpc) is 2.19. The third-order valence-electron chi connectivity index (χ3n) is 1.94. The summed E-state index contributed by atoms with van der Waals surface area (Å²) in [4.78, 5) is 0. The second kappa shape index (κ2) is 5.20. The predicted molar refractivity (Wildman–Crippen MR) is 57.8 cm³/mol. The highest BCUT2D eigenvalue weighted by Gasteiger charge is 2.03. The Balaban J connectivity index is 2.62. The molecule has 78 valence electrons. The smallest absolute Gasteiger partial charge is 0.0942 e. The van der Waals surface area contributed by atoms with E-state index in [2.05, 4.69) is 5.32 Å². The van der Waals surface area contributed by atoms with Crippen LogP contribution in [0.2, 0.25) is 5.02 Å². The van der Waals surface area contributed by atoms with Crippen molar-refractivity contribution in [1.29, 1.82) is 0 Å². The zero-order valence-corrected chi connectivity index (χ0v) is 8.75. The Bertz CT molecular complexity index is 304. The summed E-state index contributed by atoms with van der Waals surface area (Å²) in [5.74, 6) is 0. The summed E-state index contributed by atoms with van der Waals surface area (Å²) in [6, 6.07) is 5.50. The van der Waals surface area contributed by atoms with E-state index in [0.29, 0.717) is 11.6 Å². The minimum atomic E-state index is -0.742. The first-order chi connectivity index (χ1) is 6.63. The van der Waals surface area contributed by atoms with Gasteiger partial charge in [0.15, 0.2) is 0 Å². The van der Waals surface area contributed by atoms with Crippen LogP contribution in [0.4, 0.5) is 5.69 Å². The summed E-state index contributed by atoms with van der Waals surface area (Å²) in [5.41, 5.74) is 1.93. The molecule has 0 bridgehead atoms. The van der Waals surface area contributed by atoms with Crippen LogP contribution in [0.3, 0.4) is 0 Å². The van der Waals surface area contributed by atoms with Crippen molar-refractivity contribution in [3.8, 4) is 0 Å². The molecule has 0 fully saturated rings. The second-order valence-electron chi connectivity index (χ2n) is 3.18. The van der Waals surface area contributed by atoms with Gasteiger partial charge >= 0.3 is 0 Å². The molecule has 1 rings (SSSR count). The molecule has 0 spiro atoms. The molecule has 0 amide bonds. The summed E-state index contributed by atoms with van der Waals surface area (Å²) >= 11 is 5.81. The molecule has 0 aromatic heterocycles. The first kappa shape index (κ1) is 11.3. The highest BCUT2D eigenvalue weighted by atomic mass is 35.5. The molecule has 4 heteroatoms. The standard InChI is InChI=1S/C10H14ClNO2/c1-7-2-3-8(11)4-10(7)12-5-9(14)6-13/h2-4,9,12-14H,5-6H2,1H3/t9-/m0/s1. The van der Waals surface area contributed by atoms with Gasteiger partial charge in [0, 0.05) is 17.3 Å². The van der Waals surface area contributed by atoms with Crippen molar-refractivity contribution in [2.75, 3.05) is 18.5 Å². The van der Waals surface area contributed by atoms with Crippen LogP contribution in [0.25, 0.3) is 0 Å². The quantitative estimate of drug-likeness (QED) is 0.712. The summed E-state index contributed by atoms with van der Waals surface area (Å²) in [6.45, 7) is 2.02. The van der Waals surface area contributed by atoms with Crippen molar-refractivity contribution in [1.82, 2.24) is 0 Å². The maximum Gasteiger partial charge on any atom is 0.0942 e. The molecular formula is C10H14ClNO2. The number of halogens is 1. The monoisotopic (exact) mass is 215 g/mol. The van der Waals surface area contributed by atoms with Crippen LogP contribution in [0, 0.1) is 6.92 Å². The van der Waals surface area contributed by atoms with Gasteiger partial charge in [0.2, 0.25) is 0 Å². The highest BCUT2D eigenvalue weighted by molar-refractivity contribution is 6.30. The van der Waals surface area contributed by atoms with E-state index in [-0.39, 0.29) is 6.61 Å². The summed E-state index contributed by atoms with van der Waals surface area (Å²) in [5, 5.41) is 21.4. The van der Waals surface area contributed by atoms with E-state index in [1.54, 1.807) is 6.07 Å². The number of rotatable bonds is 4. The van der Waals surface area contributed by atoms with Gasteiger partial charge < -0.3 is 15.5 Å². The first-order valence-electron chi connectivity index (χ1n) is 4.42. The lowest BCUT2D eigenvalue weighted by molar-refractivity contribution is 0.105. The molecule has 0 heterocycles. The van der Waals surface area contributed by atoms with Crippen LogP contribution in [0.15, 0.2) is 18.2 Å². The van der Waals surface area contributed by atoms with Crippen LogP contribution in [0.5, 0.6) is 0 Å². The Morgan fingerprint density at radius 2 is 2.21 bits per heavy atom. The molecule has 1 aromatic carbocycles. The Morgan fingerprint density at radius 1 is 1.50 bits per heavy atom. The van der Waals surface area contributed by atoms with E-state index in [1.165, 1.54) is 0 Å². The maximum atomic E-state index is 9.13. The van der Waals surface area contributed by atoms with Crippen molar-refractivity contribution < 1.29 is 10.2 Å². The fraction of sp³-hybridized carbons (Fsp3) is 0.400. The number of hydrogen-bond acceptors (Lipinski definition) is 3. The summed E-state index contributed by atoms with van der Waals surface area (Å²) < 4.78 is 0. The van der Waals surface area contributed by atoms with Crippen molar-refractivity contribution in [3.63, 3.8) is 0 Å². The summed E-state index contributed by atoms with van der Waals surface area (Å²) in [7, 11) is 0. The van der Waals surface area contributed by atoms with Gasteiger partial charge in [0.05, 0.1) is 12.7 Å². The van der Waals surface area contributed by atoms with E-state index in [0.717, 1.165) is 11.3 Å². The summed E-state index contributed by atoms with van der Waals surface area (Å²) in [6.07, 6.45) is -0.742. The van der Waals surface area contributed by atoms with E-state index < -0.39 is 6.10 Å². The number of anilines is 1. The second-order valence-corrected chi connectivity index (χ2v) is 3.61. The van der Waals surface area contributed by atoms with Gasteiger partial charge in [0.1, 0.15) is 0 Å². The zero-order valence-electron chi connectivity index (χ0n) is 8.00. The van der Waals surface area contributed by atoms with Gasteiger partial charge in [-0.2, -0.15) is 0 Å². The molecule has 14 heavy (non-hydrogen) atoms. The average molecular weight is 216 g/mol. The fourth-order valence-corrected chi connectivity index (χ4v) is 1.25. The number of hydrogen-bond donors (Lipinski definition) is 3. The van der Waals surface area contributed by atoms with Crippen molar-refractivity contribution in [2.24, 2.45) is 0 Å². The third-order valence-corrected chi connectivity index (χ3v) is 2.17. The fourth-order valence-electron chi connectivity index (χ4n) is 1.08. The third kappa shape index (κ3) is 3.18. The minimum Gasteiger partial charge on any atom is -0.394 e. The molecule has 0 aliphatic heterocycles. The largest absolute Gasteiger partial charge is 0.394 e. The molecule has 0 radical (unpaired) electrons. The van der Waals surface area contributed by atoms with Gasteiger partial charge in [-0.15, -0.1) is 0 Å². The van der Waals surface area contributed by atoms with Crippen LogP contribution < -0.4 is 5.32 Å². The minimum absolute atomic E-state index is 0.243. The number of aliphatic hydroxyl groups is 2. The molecule has 0 saturated heterocycles. The van der Waals surface area contributed by atoms with E-state index >= 15 is 0 Å². The zero-order chi connectivity index (χ0) is 10.6. The number of aryl methyl sites for hydroxylation is 1. The van der Waals surface area contributed by atoms with Crippen molar-refractivity contribution in [3.05, 3.63) is 28.8 Å². The lowest BCUT2D eigenvalue weighted by atomic mass is 10.2. The van der Waals surface area contributed by atoms with Crippen LogP contribution in [0.1, 0.15) is 5.56 Å². The van der Waals surface area contributed by atoms with Crippen LogP contribution in [-0.2, 0) is 0 Å². The molecule has 0 unspecified atom stereocenters.